The van der Waals surface area contributed by atoms with Crippen LogP contribution in [0.25, 0.3) is 5.52 Å². The molecule has 3 heterocycles. The summed E-state index contributed by atoms with van der Waals surface area (Å²) in [5.74, 6) is 0.312. The van der Waals surface area contributed by atoms with Crippen molar-refractivity contribution in [3.63, 3.8) is 0 Å². The minimum Gasteiger partial charge on any atom is -0.387 e. The summed E-state index contributed by atoms with van der Waals surface area (Å²) in [7, 11) is 0. The molecule has 0 aromatic carbocycles. The molecule has 0 spiro atoms. The zero-order valence-corrected chi connectivity index (χ0v) is 10.6. The summed E-state index contributed by atoms with van der Waals surface area (Å²) in [6.45, 7) is 3.24. The largest absolute Gasteiger partial charge is 0.387 e. The average molecular weight is 266 g/mol. The van der Waals surface area contributed by atoms with Gasteiger partial charge in [0.1, 0.15) is 23.5 Å². The van der Waals surface area contributed by atoms with Gasteiger partial charge < -0.3 is 15.6 Å². The molecule has 1 aliphatic heterocycles. The van der Waals surface area contributed by atoms with Gasteiger partial charge in [-0.05, 0) is 26.0 Å². The lowest BCUT2D eigenvalue weighted by atomic mass is 9.95. The number of hydrogen-bond acceptors (Lipinski definition) is 5. The van der Waals surface area contributed by atoms with Crippen molar-refractivity contribution in [3.05, 3.63) is 24.2 Å². The third kappa shape index (κ3) is 1.55. The molecule has 3 N–H and O–H groups in total. The SMILES string of the molecule is CC1OC(C)(c2ccc3c(N)ncnn23)C(F)C1O. The Morgan fingerprint density at radius 3 is 2.89 bits per heavy atom. The fourth-order valence-corrected chi connectivity index (χ4v) is 2.61. The van der Waals surface area contributed by atoms with Crippen molar-refractivity contribution in [1.82, 2.24) is 14.6 Å². The van der Waals surface area contributed by atoms with Gasteiger partial charge in [-0.1, -0.05) is 0 Å². The number of halogens is 1. The Morgan fingerprint density at radius 1 is 1.53 bits per heavy atom. The molecule has 0 amide bonds. The fourth-order valence-electron chi connectivity index (χ4n) is 2.61. The molecule has 0 bridgehead atoms. The van der Waals surface area contributed by atoms with Gasteiger partial charge in [-0.3, -0.25) is 0 Å². The van der Waals surface area contributed by atoms with E-state index in [1.165, 1.54) is 10.8 Å². The summed E-state index contributed by atoms with van der Waals surface area (Å²) in [6.07, 6.45) is -1.96. The van der Waals surface area contributed by atoms with E-state index in [1.54, 1.807) is 26.0 Å². The minimum atomic E-state index is -1.53. The molecule has 19 heavy (non-hydrogen) atoms. The van der Waals surface area contributed by atoms with Crippen LogP contribution >= 0.6 is 0 Å². The molecular weight excluding hydrogens is 251 g/mol. The zero-order chi connectivity index (χ0) is 13.8. The van der Waals surface area contributed by atoms with Crippen LogP contribution in [0.3, 0.4) is 0 Å². The van der Waals surface area contributed by atoms with E-state index in [2.05, 4.69) is 10.1 Å². The normalized spacial score (nSPS) is 35.1. The number of hydrogen-bond donors (Lipinski definition) is 2. The van der Waals surface area contributed by atoms with Crippen LogP contribution in [-0.4, -0.2) is 38.1 Å². The Kier molecular flexibility index (Phi) is 2.51. The molecule has 0 radical (unpaired) electrons. The molecule has 0 saturated carbocycles. The van der Waals surface area contributed by atoms with Crippen molar-refractivity contribution in [1.29, 1.82) is 0 Å². The smallest absolute Gasteiger partial charge is 0.163 e. The van der Waals surface area contributed by atoms with E-state index < -0.39 is 24.0 Å². The first-order valence-corrected chi connectivity index (χ1v) is 6.04. The van der Waals surface area contributed by atoms with Crippen molar-refractivity contribution in [2.24, 2.45) is 0 Å². The molecule has 7 heteroatoms. The second kappa shape index (κ2) is 3.88. The third-order valence-electron chi connectivity index (χ3n) is 3.73. The predicted octanol–water partition coefficient (Wildman–Crippen LogP) is 0.644. The second-order valence-electron chi connectivity index (χ2n) is 4.98. The first-order valence-electron chi connectivity index (χ1n) is 6.04. The summed E-state index contributed by atoms with van der Waals surface area (Å²) in [4.78, 5) is 3.88. The van der Waals surface area contributed by atoms with Crippen molar-refractivity contribution in [3.8, 4) is 0 Å². The van der Waals surface area contributed by atoms with Crippen LogP contribution in [0.5, 0.6) is 0 Å². The number of alkyl halides is 1. The molecule has 1 fully saturated rings. The lowest BCUT2D eigenvalue weighted by Gasteiger charge is -2.25. The maximum absolute atomic E-state index is 14.3. The van der Waals surface area contributed by atoms with Crippen molar-refractivity contribution >= 4 is 11.3 Å². The predicted molar refractivity (Wildman–Crippen MR) is 66.2 cm³/mol. The lowest BCUT2D eigenvalue weighted by molar-refractivity contribution is -0.0553. The van der Waals surface area contributed by atoms with Crippen molar-refractivity contribution in [2.75, 3.05) is 5.73 Å². The van der Waals surface area contributed by atoms with Crippen LogP contribution in [0.1, 0.15) is 19.5 Å². The monoisotopic (exact) mass is 266 g/mol. The number of aromatic nitrogens is 3. The molecule has 4 unspecified atom stereocenters. The summed E-state index contributed by atoms with van der Waals surface area (Å²) in [5.41, 5.74) is 5.58. The highest BCUT2D eigenvalue weighted by atomic mass is 19.1. The van der Waals surface area contributed by atoms with E-state index in [9.17, 15) is 9.50 Å². The van der Waals surface area contributed by atoms with Gasteiger partial charge in [-0.25, -0.2) is 13.9 Å². The molecule has 102 valence electrons. The number of ether oxygens (including phenoxy) is 1. The van der Waals surface area contributed by atoms with Gasteiger partial charge in [-0.15, -0.1) is 0 Å². The minimum absolute atomic E-state index is 0.312. The maximum Gasteiger partial charge on any atom is 0.163 e. The average Bonchev–Trinajstić information content (AvgIpc) is 2.89. The number of aliphatic hydroxyl groups excluding tert-OH is 1. The Hall–Kier alpha value is -1.73. The number of aliphatic hydroxyl groups is 1. The first kappa shape index (κ1) is 12.3. The van der Waals surface area contributed by atoms with Crippen LogP contribution in [0.2, 0.25) is 0 Å². The van der Waals surface area contributed by atoms with E-state index in [4.69, 9.17) is 10.5 Å². The Morgan fingerprint density at radius 2 is 2.26 bits per heavy atom. The Balaban J connectivity index is 2.17. The van der Waals surface area contributed by atoms with Gasteiger partial charge >= 0.3 is 0 Å². The molecule has 1 aliphatic rings. The highest BCUT2D eigenvalue weighted by molar-refractivity contribution is 5.65. The third-order valence-corrected chi connectivity index (χ3v) is 3.73. The zero-order valence-electron chi connectivity index (χ0n) is 10.6. The second-order valence-corrected chi connectivity index (χ2v) is 4.98. The number of rotatable bonds is 1. The standard InChI is InChI=1S/C12H15FN4O2/c1-6-9(18)10(13)12(2,19-6)8-4-3-7-11(14)15-5-16-17(7)8/h3-6,9-10,18H,1-2H3,(H2,14,15,16). The Labute approximate surface area is 109 Å². The summed E-state index contributed by atoms with van der Waals surface area (Å²) >= 11 is 0. The van der Waals surface area contributed by atoms with Crippen molar-refractivity contribution in [2.45, 2.75) is 37.8 Å². The molecule has 3 rings (SSSR count). The van der Waals surface area contributed by atoms with Gasteiger partial charge in [0.2, 0.25) is 0 Å². The quantitative estimate of drug-likeness (QED) is 0.791. The van der Waals surface area contributed by atoms with Gasteiger partial charge in [0.15, 0.2) is 12.0 Å². The van der Waals surface area contributed by atoms with Crippen molar-refractivity contribution < 1.29 is 14.2 Å². The van der Waals surface area contributed by atoms with E-state index in [1.807, 2.05) is 0 Å². The number of nitrogens with two attached hydrogens (primary N) is 1. The van der Waals surface area contributed by atoms with E-state index >= 15 is 0 Å². The number of anilines is 1. The first-order chi connectivity index (χ1) is 8.95. The summed E-state index contributed by atoms with van der Waals surface area (Å²) in [6, 6.07) is 3.40. The van der Waals surface area contributed by atoms with Crippen LogP contribution in [0.4, 0.5) is 10.2 Å². The highest BCUT2D eigenvalue weighted by Gasteiger charge is 2.53. The molecule has 1 saturated heterocycles. The fraction of sp³-hybridized carbons (Fsp3) is 0.500. The van der Waals surface area contributed by atoms with Crippen LogP contribution in [0, 0.1) is 0 Å². The molecule has 0 aliphatic carbocycles. The van der Waals surface area contributed by atoms with E-state index in [0.717, 1.165) is 0 Å². The van der Waals surface area contributed by atoms with Crippen LogP contribution in [0.15, 0.2) is 18.5 Å². The summed E-state index contributed by atoms with van der Waals surface area (Å²) in [5, 5.41) is 13.8. The molecule has 4 atom stereocenters. The molecule has 2 aromatic heterocycles. The molecule has 6 nitrogen and oxygen atoms in total. The number of nitrogens with zero attached hydrogens (tertiary/aromatic N) is 3. The highest BCUT2D eigenvalue weighted by Crippen LogP contribution is 2.41. The van der Waals surface area contributed by atoms with E-state index in [-0.39, 0.29) is 0 Å². The molecular formula is C12H15FN4O2. The van der Waals surface area contributed by atoms with Crippen LogP contribution in [-0.2, 0) is 10.3 Å². The Bertz CT molecular complexity index is 631. The van der Waals surface area contributed by atoms with Gasteiger partial charge in [0.25, 0.3) is 0 Å². The van der Waals surface area contributed by atoms with Gasteiger partial charge in [0.05, 0.1) is 11.8 Å². The molecule has 2 aromatic rings. The lowest BCUT2D eigenvalue weighted by Crippen LogP contribution is -2.36. The van der Waals surface area contributed by atoms with Gasteiger partial charge in [-0.2, -0.15) is 5.10 Å². The number of fused-ring (bicyclic) bond motifs is 1. The maximum atomic E-state index is 14.3. The topological polar surface area (TPSA) is 85.7 Å². The van der Waals surface area contributed by atoms with Gasteiger partial charge in [0, 0.05) is 0 Å². The van der Waals surface area contributed by atoms with Crippen LogP contribution < -0.4 is 5.73 Å². The number of nitrogen functional groups attached to an aromatic ring is 1. The summed E-state index contributed by atoms with van der Waals surface area (Å²) < 4.78 is 21.5. The van der Waals surface area contributed by atoms with E-state index in [0.29, 0.717) is 17.0 Å².